The molecule has 4 heteroatoms. The van der Waals surface area contributed by atoms with Crippen LogP contribution < -0.4 is 16.0 Å². The smallest absolute Gasteiger partial charge is 0.0589 e. The van der Waals surface area contributed by atoms with Crippen molar-refractivity contribution in [2.24, 2.45) is 0 Å². The van der Waals surface area contributed by atoms with E-state index in [-0.39, 0.29) is 5.54 Å². The summed E-state index contributed by atoms with van der Waals surface area (Å²) in [5.74, 6) is 0. The van der Waals surface area contributed by atoms with Crippen LogP contribution in [-0.4, -0.2) is 24.3 Å². The Kier molecular flexibility index (Phi) is 5.44. The SMILES string of the molecule is CC(C)(C)NC1CCNC(NCc2ccc(Cl)cc2)C1. The molecule has 1 fully saturated rings. The molecule has 2 rings (SSSR count). The van der Waals surface area contributed by atoms with Crippen LogP contribution in [0.1, 0.15) is 39.2 Å². The Morgan fingerprint density at radius 1 is 1.25 bits per heavy atom. The molecule has 112 valence electrons. The summed E-state index contributed by atoms with van der Waals surface area (Å²) >= 11 is 5.90. The zero-order chi connectivity index (χ0) is 14.6. The highest BCUT2D eigenvalue weighted by Gasteiger charge is 2.24. The van der Waals surface area contributed by atoms with Gasteiger partial charge in [-0.1, -0.05) is 23.7 Å². The molecule has 0 aromatic heterocycles. The number of hydrogen-bond acceptors (Lipinski definition) is 3. The Hall–Kier alpha value is -0.610. The van der Waals surface area contributed by atoms with Gasteiger partial charge in [-0.3, -0.25) is 5.32 Å². The Balaban J connectivity index is 1.79. The van der Waals surface area contributed by atoms with Crippen molar-refractivity contribution in [2.75, 3.05) is 6.54 Å². The summed E-state index contributed by atoms with van der Waals surface area (Å²) < 4.78 is 0. The van der Waals surface area contributed by atoms with E-state index in [2.05, 4.69) is 48.9 Å². The van der Waals surface area contributed by atoms with Crippen LogP contribution in [0.5, 0.6) is 0 Å². The van der Waals surface area contributed by atoms with E-state index in [0.717, 1.165) is 24.5 Å². The van der Waals surface area contributed by atoms with Gasteiger partial charge in [0, 0.05) is 23.1 Å². The maximum Gasteiger partial charge on any atom is 0.0589 e. The fraction of sp³-hybridized carbons (Fsp3) is 0.625. The van der Waals surface area contributed by atoms with Gasteiger partial charge in [0.05, 0.1) is 6.17 Å². The maximum atomic E-state index is 5.90. The largest absolute Gasteiger partial charge is 0.309 e. The summed E-state index contributed by atoms with van der Waals surface area (Å²) in [4.78, 5) is 0. The van der Waals surface area contributed by atoms with E-state index in [1.54, 1.807) is 0 Å². The minimum atomic E-state index is 0.183. The van der Waals surface area contributed by atoms with E-state index in [9.17, 15) is 0 Å². The van der Waals surface area contributed by atoms with Gasteiger partial charge in [0.2, 0.25) is 0 Å². The molecule has 0 amide bonds. The van der Waals surface area contributed by atoms with Gasteiger partial charge < -0.3 is 10.6 Å². The first-order chi connectivity index (χ1) is 9.42. The molecule has 0 bridgehead atoms. The molecule has 20 heavy (non-hydrogen) atoms. The van der Waals surface area contributed by atoms with Gasteiger partial charge in [-0.05, 0) is 57.9 Å². The fourth-order valence-corrected chi connectivity index (χ4v) is 2.79. The third kappa shape index (κ3) is 5.41. The van der Waals surface area contributed by atoms with Crippen molar-refractivity contribution in [3.8, 4) is 0 Å². The summed E-state index contributed by atoms with van der Waals surface area (Å²) in [7, 11) is 0. The van der Waals surface area contributed by atoms with Crippen molar-refractivity contribution in [1.29, 1.82) is 0 Å². The summed E-state index contributed by atoms with van der Waals surface area (Å²) in [6.07, 6.45) is 2.68. The van der Waals surface area contributed by atoms with E-state index in [0.29, 0.717) is 12.2 Å². The molecule has 1 aliphatic rings. The molecule has 0 radical (unpaired) electrons. The lowest BCUT2D eigenvalue weighted by Crippen LogP contribution is -2.55. The van der Waals surface area contributed by atoms with Gasteiger partial charge in [-0.25, -0.2) is 0 Å². The normalized spacial score (nSPS) is 23.8. The predicted molar refractivity (Wildman–Crippen MR) is 86.0 cm³/mol. The monoisotopic (exact) mass is 295 g/mol. The second kappa shape index (κ2) is 6.90. The van der Waals surface area contributed by atoms with E-state index in [4.69, 9.17) is 11.6 Å². The van der Waals surface area contributed by atoms with Crippen molar-refractivity contribution in [3.05, 3.63) is 34.9 Å². The molecular weight excluding hydrogens is 270 g/mol. The van der Waals surface area contributed by atoms with Crippen molar-refractivity contribution >= 4 is 11.6 Å². The number of halogens is 1. The summed E-state index contributed by atoms with van der Waals surface area (Å²) in [6.45, 7) is 8.62. The molecule has 1 aromatic carbocycles. The molecule has 1 heterocycles. The van der Waals surface area contributed by atoms with Crippen LogP contribution in [0.3, 0.4) is 0 Å². The molecule has 3 N–H and O–H groups in total. The quantitative estimate of drug-likeness (QED) is 0.799. The molecular formula is C16H26ClN3. The predicted octanol–water partition coefficient (Wildman–Crippen LogP) is 2.90. The van der Waals surface area contributed by atoms with Gasteiger partial charge in [-0.15, -0.1) is 0 Å². The second-order valence-corrected chi connectivity index (χ2v) is 7.07. The third-order valence-electron chi connectivity index (χ3n) is 3.51. The van der Waals surface area contributed by atoms with Gasteiger partial charge in [0.1, 0.15) is 0 Å². The number of benzene rings is 1. The number of piperidine rings is 1. The highest BCUT2D eigenvalue weighted by molar-refractivity contribution is 6.30. The third-order valence-corrected chi connectivity index (χ3v) is 3.76. The van der Waals surface area contributed by atoms with Crippen LogP contribution in [0.4, 0.5) is 0 Å². The topological polar surface area (TPSA) is 36.1 Å². The zero-order valence-electron chi connectivity index (χ0n) is 12.7. The Labute approximate surface area is 127 Å². The zero-order valence-corrected chi connectivity index (χ0v) is 13.4. The van der Waals surface area contributed by atoms with E-state index >= 15 is 0 Å². The van der Waals surface area contributed by atoms with E-state index < -0.39 is 0 Å². The number of hydrogen-bond donors (Lipinski definition) is 3. The minimum absolute atomic E-state index is 0.183. The number of rotatable bonds is 4. The van der Waals surface area contributed by atoms with Gasteiger partial charge in [0.25, 0.3) is 0 Å². The molecule has 0 aliphatic carbocycles. The van der Waals surface area contributed by atoms with Crippen molar-refractivity contribution < 1.29 is 0 Å². The van der Waals surface area contributed by atoms with Gasteiger partial charge in [0.15, 0.2) is 0 Å². The van der Waals surface area contributed by atoms with Crippen LogP contribution in [0, 0.1) is 0 Å². The summed E-state index contributed by atoms with van der Waals surface area (Å²) in [6, 6.07) is 8.61. The lowest BCUT2D eigenvalue weighted by atomic mass is 9.99. The lowest BCUT2D eigenvalue weighted by molar-refractivity contribution is 0.244. The van der Waals surface area contributed by atoms with Crippen LogP contribution in [0.15, 0.2) is 24.3 Å². The average molecular weight is 296 g/mol. The molecule has 1 aliphatic heterocycles. The first-order valence-corrected chi connectivity index (χ1v) is 7.79. The van der Waals surface area contributed by atoms with Gasteiger partial charge in [-0.2, -0.15) is 0 Å². The lowest BCUT2D eigenvalue weighted by Gasteiger charge is -2.36. The standard InChI is InChI=1S/C16H26ClN3/c1-16(2,3)20-14-8-9-18-15(10-14)19-11-12-4-6-13(17)7-5-12/h4-7,14-15,18-20H,8-11H2,1-3H3. The second-order valence-electron chi connectivity index (χ2n) is 6.63. The molecule has 0 saturated carbocycles. The van der Waals surface area contributed by atoms with Crippen LogP contribution in [0.25, 0.3) is 0 Å². The molecule has 1 aromatic rings. The molecule has 2 unspecified atom stereocenters. The van der Waals surface area contributed by atoms with Crippen molar-refractivity contribution in [2.45, 2.75) is 57.9 Å². The molecule has 3 nitrogen and oxygen atoms in total. The fourth-order valence-electron chi connectivity index (χ4n) is 2.66. The summed E-state index contributed by atoms with van der Waals surface area (Å²) in [5, 5.41) is 11.6. The van der Waals surface area contributed by atoms with Gasteiger partial charge >= 0.3 is 0 Å². The highest BCUT2D eigenvalue weighted by Crippen LogP contribution is 2.13. The first kappa shape index (κ1) is 15.8. The van der Waals surface area contributed by atoms with Crippen LogP contribution in [-0.2, 0) is 6.54 Å². The van der Waals surface area contributed by atoms with Crippen molar-refractivity contribution in [1.82, 2.24) is 16.0 Å². The highest BCUT2D eigenvalue weighted by atomic mass is 35.5. The molecule has 1 saturated heterocycles. The molecule has 0 spiro atoms. The Morgan fingerprint density at radius 3 is 2.60 bits per heavy atom. The molecule has 2 atom stereocenters. The Bertz CT molecular complexity index is 411. The van der Waals surface area contributed by atoms with Crippen molar-refractivity contribution in [3.63, 3.8) is 0 Å². The Morgan fingerprint density at radius 2 is 1.95 bits per heavy atom. The summed E-state index contributed by atoms with van der Waals surface area (Å²) in [5.41, 5.74) is 1.45. The number of nitrogens with one attached hydrogen (secondary N) is 3. The maximum absolute atomic E-state index is 5.90. The first-order valence-electron chi connectivity index (χ1n) is 7.41. The minimum Gasteiger partial charge on any atom is -0.309 e. The van der Waals surface area contributed by atoms with E-state index in [1.165, 1.54) is 12.0 Å². The van der Waals surface area contributed by atoms with Crippen LogP contribution in [0.2, 0.25) is 5.02 Å². The van der Waals surface area contributed by atoms with Crippen LogP contribution >= 0.6 is 11.6 Å². The average Bonchev–Trinajstić information content (AvgIpc) is 2.36. The van der Waals surface area contributed by atoms with E-state index in [1.807, 2.05) is 12.1 Å².